The lowest BCUT2D eigenvalue weighted by atomic mass is 10.1. The molecule has 3 rings (SSSR count). The molecule has 0 saturated carbocycles. The Balaban J connectivity index is 1.64. The Bertz CT molecular complexity index is 714. The maximum atomic E-state index is 12.1. The molecule has 3 N–H and O–H groups in total. The molecule has 1 saturated heterocycles. The van der Waals surface area contributed by atoms with E-state index in [2.05, 4.69) is 15.5 Å². The highest BCUT2D eigenvalue weighted by Crippen LogP contribution is 2.24. The Labute approximate surface area is 157 Å². The Morgan fingerprint density at radius 2 is 2.04 bits per heavy atom. The summed E-state index contributed by atoms with van der Waals surface area (Å²) >= 11 is 6.29. The van der Waals surface area contributed by atoms with Crippen LogP contribution in [0.3, 0.4) is 0 Å². The van der Waals surface area contributed by atoms with Crippen molar-refractivity contribution < 1.29 is 19.2 Å². The van der Waals surface area contributed by atoms with E-state index >= 15 is 0 Å². The summed E-state index contributed by atoms with van der Waals surface area (Å²) in [6, 6.07) is 7.57. The zero-order valence-corrected chi connectivity index (χ0v) is 15.6. The number of rotatable bonds is 5. The number of carbonyl (C=O) groups excluding carboxylic acids is 2. The summed E-state index contributed by atoms with van der Waals surface area (Å²) < 4.78 is 5.10. The highest BCUT2D eigenvalue weighted by Gasteiger charge is 2.28. The lowest BCUT2D eigenvalue weighted by Gasteiger charge is -2.35. The van der Waals surface area contributed by atoms with Gasteiger partial charge in [-0.3, -0.25) is 0 Å². The molecule has 7 nitrogen and oxygen atoms in total. The second-order valence-corrected chi connectivity index (χ2v) is 6.76. The van der Waals surface area contributed by atoms with Crippen LogP contribution in [0.1, 0.15) is 6.92 Å². The van der Waals surface area contributed by atoms with Gasteiger partial charge in [-0.05, 0) is 19.1 Å². The second kappa shape index (κ2) is 8.42. The SMILES string of the molecule is CCOC(=O)C1=C(C[NH+]2CCN(c3ccccc3Cl)CC2)NC(=O)NC1. The molecular formula is C18H24ClN4O3+. The molecule has 26 heavy (non-hydrogen) atoms. The average Bonchev–Trinajstić information content (AvgIpc) is 2.63. The number of hydrogen-bond donors (Lipinski definition) is 3. The summed E-state index contributed by atoms with van der Waals surface area (Å²) in [6.07, 6.45) is 0. The number of piperazine rings is 1. The van der Waals surface area contributed by atoms with Gasteiger partial charge in [0, 0.05) is 0 Å². The third-order valence-electron chi connectivity index (χ3n) is 4.67. The standard InChI is InChI=1S/C18H23ClN4O3/c1-2-26-17(24)13-11-20-18(25)21-15(13)12-22-7-9-23(10-8-22)16-6-4-3-5-14(16)19/h3-6H,2,7-12H2,1H3,(H2,20,21,25)/p+1. The van der Waals surface area contributed by atoms with Gasteiger partial charge in [-0.1, -0.05) is 23.7 Å². The zero-order chi connectivity index (χ0) is 18.5. The van der Waals surface area contributed by atoms with Crippen LogP contribution < -0.4 is 20.4 Å². The van der Waals surface area contributed by atoms with E-state index in [-0.39, 0.29) is 18.5 Å². The van der Waals surface area contributed by atoms with Crippen LogP contribution in [0.25, 0.3) is 0 Å². The van der Waals surface area contributed by atoms with Crippen molar-refractivity contribution >= 4 is 29.3 Å². The molecule has 1 aromatic rings. The molecule has 0 aliphatic carbocycles. The number of nitrogens with zero attached hydrogens (tertiary/aromatic N) is 1. The van der Waals surface area contributed by atoms with Crippen LogP contribution in [-0.4, -0.2) is 57.9 Å². The molecule has 1 aromatic carbocycles. The van der Waals surface area contributed by atoms with Crippen molar-refractivity contribution in [3.63, 3.8) is 0 Å². The molecule has 0 aromatic heterocycles. The predicted octanol–water partition coefficient (Wildman–Crippen LogP) is 0.175. The fraction of sp³-hybridized carbons (Fsp3) is 0.444. The first-order valence-corrected chi connectivity index (χ1v) is 9.23. The van der Waals surface area contributed by atoms with Gasteiger partial charge in [-0.15, -0.1) is 0 Å². The number of benzene rings is 1. The summed E-state index contributed by atoms with van der Waals surface area (Å²) in [5, 5.41) is 6.17. The number of anilines is 1. The quantitative estimate of drug-likeness (QED) is 0.638. The molecule has 0 bridgehead atoms. The Hall–Kier alpha value is -2.25. The molecule has 1 fully saturated rings. The van der Waals surface area contributed by atoms with E-state index in [1.54, 1.807) is 6.92 Å². The van der Waals surface area contributed by atoms with Crippen molar-refractivity contribution in [3.8, 4) is 0 Å². The van der Waals surface area contributed by atoms with E-state index in [1.807, 2.05) is 24.3 Å². The van der Waals surface area contributed by atoms with Crippen LogP contribution >= 0.6 is 11.6 Å². The number of amides is 2. The summed E-state index contributed by atoms with van der Waals surface area (Å²) in [4.78, 5) is 27.4. The zero-order valence-electron chi connectivity index (χ0n) is 14.8. The van der Waals surface area contributed by atoms with Gasteiger partial charge >= 0.3 is 12.0 Å². The minimum absolute atomic E-state index is 0.207. The minimum atomic E-state index is -0.371. The van der Waals surface area contributed by atoms with Gasteiger partial charge in [0.2, 0.25) is 0 Å². The van der Waals surface area contributed by atoms with E-state index in [9.17, 15) is 9.59 Å². The lowest BCUT2D eigenvalue weighted by molar-refractivity contribution is -0.896. The Morgan fingerprint density at radius 3 is 2.73 bits per heavy atom. The van der Waals surface area contributed by atoms with Crippen LogP contribution in [0.4, 0.5) is 10.5 Å². The van der Waals surface area contributed by atoms with E-state index in [4.69, 9.17) is 16.3 Å². The van der Waals surface area contributed by atoms with Crippen LogP contribution in [0.2, 0.25) is 5.02 Å². The molecule has 140 valence electrons. The topological polar surface area (TPSA) is 75.1 Å². The van der Waals surface area contributed by atoms with Gasteiger partial charge in [-0.2, -0.15) is 0 Å². The predicted molar refractivity (Wildman–Crippen MR) is 99.4 cm³/mol. The third-order valence-corrected chi connectivity index (χ3v) is 4.99. The average molecular weight is 380 g/mol. The number of nitrogens with one attached hydrogen (secondary N) is 3. The molecule has 2 aliphatic heterocycles. The normalized spacial score (nSPS) is 18.4. The molecular weight excluding hydrogens is 356 g/mol. The van der Waals surface area contributed by atoms with Crippen molar-refractivity contribution in [2.75, 3.05) is 50.8 Å². The molecule has 0 spiro atoms. The second-order valence-electron chi connectivity index (χ2n) is 6.35. The largest absolute Gasteiger partial charge is 0.463 e. The number of esters is 1. The van der Waals surface area contributed by atoms with Crippen molar-refractivity contribution in [2.24, 2.45) is 0 Å². The molecule has 8 heteroatoms. The lowest BCUT2D eigenvalue weighted by Crippen LogP contribution is -3.15. The summed E-state index contributed by atoms with van der Waals surface area (Å²) in [5.74, 6) is -0.371. The number of carbonyl (C=O) groups is 2. The van der Waals surface area contributed by atoms with Crippen LogP contribution in [0.5, 0.6) is 0 Å². The number of halogens is 1. The van der Waals surface area contributed by atoms with Crippen LogP contribution in [0.15, 0.2) is 35.5 Å². The summed E-state index contributed by atoms with van der Waals surface area (Å²) in [7, 11) is 0. The first kappa shape index (κ1) is 18.5. The number of hydrogen-bond acceptors (Lipinski definition) is 4. The summed E-state index contributed by atoms with van der Waals surface area (Å²) in [5.41, 5.74) is 2.22. The molecule has 0 atom stereocenters. The first-order valence-electron chi connectivity index (χ1n) is 8.85. The van der Waals surface area contributed by atoms with Gasteiger partial charge in [0.15, 0.2) is 0 Å². The van der Waals surface area contributed by atoms with Gasteiger partial charge in [0.05, 0.1) is 61.3 Å². The van der Waals surface area contributed by atoms with Crippen molar-refractivity contribution in [1.29, 1.82) is 0 Å². The monoisotopic (exact) mass is 379 g/mol. The fourth-order valence-corrected chi connectivity index (χ4v) is 3.55. The van der Waals surface area contributed by atoms with Crippen molar-refractivity contribution in [3.05, 3.63) is 40.6 Å². The third kappa shape index (κ3) is 4.28. The minimum Gasteiger partial charge on any atom is -0.463 e. The maximum Gasteiger partial charge on any atom is 0.337 e. The van der Waals surface area contributed by atoms with E-state index < -0.39 is 0 Å². The van der Waals surface area contributed by atoms with E-state index in [1.165, 1.54) is 4.90 Å². The molecule has 0 radical (unpaired) electrons. The van der Waals surface area contributed by atoms with Gasteiger partial charge in [-0.25, -0.2) is 9.59 Å². The number of urea groups is 1. The summed E-state index contributed by atoms with van der Waals surface area (Å²) in [6.45, 7) is 6.42. The van der Waals surface area contributed by atoms with E-state index in [0.29, 0.717) is 24.4 Å². The van der Waals surface area contributed by atoms with E-state index in [0.717, 1.165) is 36.9 Å². The molecule has 2 amide bonds. The highest BCUT2D eigenvalue weighted by atomic mass is 35.5. The first-order chi connectivity index (χ1) is 12.6. The van der Waals surface area contributed by atoms with Gasteiger partial charge in [0.1, 0.15) is 6.54 Å². The Kier molecular flexibility index (Phi) is 6.00. The number of para-hydroxylation sites is 1. The smallest absolute Gasteiger partial charge is 0.337 e. The van der Waals surface area contributed by atoms with Crippen molar-refractivity contribution in [2.45, 2.75) is 6.92 Å². The number of quaternary nitrogens is 1. The Morgan fingerprint density at radius 1 is 1.31 bits per heavy atom. The molecule has 2 heterocycles. The highest BCUT2D eigenvalue weighted by molar-refractivity contribution is 6.33. The molecule has 2 aliphatic rings. The fourth-order valence-electron chi connectivity index (χ4n) is 3.30. The van der Waals surface area contributed by atoms with Crippen LogP contribution in [-0.2, 0) is 9.53 Å². The maximum absolute atomic E-state index is 12.1. The van der Waals surface area contributed by atoms with Gasteiger partial charge in [0.25, 0.3) is 0 Å². The van der Waals surface area contributed by atoms with Crippen LogP contribution in [0, 0.1) is 0 Å². The van der Waals surface area contributed by atoms with Gasteiger partial charge < -0.3 is 25.2 Å². The van der Waals surface area contributed by atoms with Crippen molar-refractivity contribution in [1.82, 2.24) is 10.6 Å². The molecule has 0 unspecified atom stereocenters. The number of ether oxygens (including phenoxy) is 1.